The third-order valence-electron chi connectivity index (χ3n) is 3.45. The van der Waals surface area contributed by atoms with Crippen molar-refractivity contribution in [1.29, 1.82) is 0 Å². The van der Waals surface area contributed by atoms with Gasteiger partial charge in [0.05, 0.1) is 24.3 Å². The molecule has 0 aliphatic rings. The van der Waals surface area contributed by atoms with Crippen molar-refractivity contribution in [3.05, 3.63) is 77.9 Å². The third-order valence-corrected chi connectivity index (χ3v) is 3.45. The molecule has 6 heteroatoms. The van der Waals surface area contributed by atoms with Crippen molar-refractivity contribution in [2.45, 2.75) is 12.2 Å². The van der Waals surface area contributed by atoms with E-state index in [1.165, 1.54) is 19.2 Å². The number of alkyl halides is 3. The minimum atomic E-state index is -4.42. The molecule has 1 unspecified atom stereocenters. The lowest BCUT2D eigenvalue weighted by Crippen LogP contribution is -2.19. The summed E-state index contributed by atoms with van der Waals surface area (Å²) in [7, 11) is 1.22. The maximum atomic E-state index is 12.7. The van der Waals surface area contributed by atoms with Gasteiger partial charge in [-0.05, 0) is 29.8 Å². The van der Waals surface area contributed by atoms with E-state index in [4.69, 9.17) is 0 Å². The maximum Gasteiger partial charge on any atom is 0.416 e. The maximum absolute atomic E-state index is 12.7. The van der Waals surface area contributed by atoms with Gasteiger partial charge in [0, 0.05) is 5.69 Å². The van der Waals surface area contributed by atoms with Gasteiger partial charge in [0.2, 0.25) is 0 Å². The highest BCUT2D eigenvalue weighted by Gasteiger charge is 2.30. The molecule has 2 aromatic rings. The van der Waals surface area contributed by atoms with E-state index in [-0.39, 0.29) is 5.57 Å². The van der Waals surface area contributed by atoms with Crippen molar-refractivity contribution >= 4 is 11.7 Å². The van der Waals surface area contributed by atoms with Crippen LogP contribution in [0.3, 0.4) is 0 Å². The van der Waals surface area contributed by atoms with Crippen LogP contribution in [0.1, 0.15) is 17.2 Å². The van der Waals surface area contributed by atoms with Gasteiger partial charge < -0.3 is 10.1 Å². The molecule has 0 amide bonds. The van der Waals surface area contributed by atoms with Crippen molar-refractivity contribution < 1.29 is 22.7 Å². The summed E-state index contributed by atoms with van der Waals surface area (Å²) in [5.74, 6) is -0.636. The van der Waals surface area contributed by atoms with E-state index in [1.807, 2.05) is 6.07 Å². The second-order valence-corrected chi connectivity index (χ2v) is 5.08. The highest BCUT2D eigenvalue weighted by atomic mass is 19.4. The van der Waals surface area contributed by atoms with E-state index in [1.54, 1.807) is 24.3 Å². The number of carbonyl (C=O) groups is 1. The molecule has 2 aromatic carbocycles. The van der Waals surface area contributed by atoms with Crippen molar-refractivity contribution in [1.82, 2.24) is 0 Å². The fourth-order valence-corrected chi connectivity index (χ4v) is 2.19. The summed E-state index contributed by atoms with van der Waals surface area (Å²) in [5, 5.41) is 3.09. The molecule has 126 valence electrons. The molecule has 0 bridgehead atoms. The van der Waals surface area contributed by atoms with Gasteiger partial charge >= 0.3 is 12.1 Å². The van der Waals surface area contributed by atoms with Crippen LogP contribution in [-0.4, -0.2) is 13.1 Å². The predicted molar refractivity (Wildman–Crippen MR) is 85.4 cm³/mol. The zero-order valence-electron chi connectivity index (χ0n) is 12.9. The normalized spacial score (nSPS) is 12.3. The monoisotopic (exact) mass is 335 g/mol. The summed E-state index contributed by atoms with van der Waals surface area (Å²) < 4.78 is 42.8. The van der Waals surface area contributed by atoms with Gasteiger partial charge in [-0.2, -0.15) is 13.2 Å². The number of methoxy groups -OCH3 is 1. The van der Waals surface area contributed by atoms with E-state index in [0.29, 0.717) is 11.3 Å². The fraction of sp³-hybridized carbons (Fsp3) is 0.167. The van der Waals surface area contributed by atoms with Crippen LogP contribution in [0, 0.1) is 0 Å². The number of esters is 1. The van der Waals surface area contributed by atoms with Gasteiger partial charge in [-0.15, -0.1) is 0 Å². The van der Waals surface area contributed by atoms with Crippen LogP contribution in [0.15, 0.2) is 66.7 Å². The Bertz CT molecular complexity index is 709. The molecule has 3 nitrogen and oxygen atoms in total. The Balaban J connectivity index is 2.35. The van der Waals surface area contributed by atoms with E-state index < -0.39 is 23.8 Å². The standard InChI is InChI=1S/C18H16F3NO2/c1-12(17(23)24-2)16(22-15-6-4-3-5-7-15)13-8-10-14(11-9-13)18(19,20)21/h3-11,16,22H,1H2,2H3. The average molecular weight is 335 g/mol. The molecule has 0 radical (unpaired) electrons. The van der Waals surface area contributed by atoms with E-state index in [0.717, 1.165) is 12.1 Å². The number of hydrogen-bond acceptors (Lipinski definition) is 3. The molecule has 0 aliphatic carbocycles. The summed E-state index contributed by atoms with van der Waals surface area (Å²) in [6.45, 7) is 3.71. The van der Waals surface area contributed by atoms with E-state index in [9.17, 15) is 18.0 Å². The highest BCUT2D eigenvalue weighted by Crippen LogP contribution is 2.32. The lowest BCUT2D eigenvalue weighted by molar-refractivity contribution is -0.138. The van der Waals surface area contributed by atoms with Crippen molar-refractivity contribution in [3.8, 4) is 0 Å². The summed E-state index contributed by atoms with van der Waals surface area (Å²) in [4.78, 5) is 11.8. The number of carbonyl (C=O) groups excluding carboxylic acids is 1. The molecule has 1 N–H and O–H groups in total. The van der Waals surface area contributed by atoms with Crippen LogP contribution in [0.25, 0.3) is 0 Å². The topological polar surface area (TPSA) is 38.3 Å². The Morgan fingerprint density at radius 2 is 1.67 bits per heavy atom. The van der Waals surface area contributed by atoms with Crippen LogP contribution in [0.5, 0.6) is 0 Å². The number of benzene rings is 2. The zero-order chi connectivity index (χ0) is 17.7. The number of para-hydroxylation sites is 1. The van der Waals surface area contributed by atoms with Gasteiger partial charge in [0.15, 0.2) is 0 Å². The third kappa shape index (κ3) is 4.16. The van der Waals surface area contributed by atoms with E-state index >= 15 is 0 Å². The van der Waals surface area contributed by atoms with Crippen molar-refractivity contribution in [3.63, 3.8) is 0 Å². The van der Waals surface area contributed by atoms with Crippen molar-refractivity contribution in [2.24, 2.45) is 0 Å². The fourth-order valence-electron chi connectivity index (χ4n) is 2.19. The minimum absolute atomic E-state index is 0.0983. The predicted octanol–water partition coefficient (Wildman–Crippen LogP) is 4.59. The molecule has 0 heterocycles. The van der Waals surface area contributed by atoms with Gasteiger partial charge in [-0.3, -0.25) is 0 Å². The average Bonchev–Trinajstić information content (AvgIpc) is 2.58. The number of ether oxygens (including phenoxy) is 1. The number of hydrogen-bond donors (Lipinski definition) is 1. The first kappa shape index (κ1) is 17.6. The van der Waals surface area contributed by atoms with Crippen LogP contribution in [0.2, 0.25) is 0 Å². The Morgan fingerprint density at radius 1 is 1.08 bits per heavy atom. The second-order valence-electron chi connectivity index (χ2n) is 5.08. The molecule has 1 atom stereocenters. The van der Waals surface area contributed by atoms with Gasteiger partial charge in [0.1, 0.15) is 0 Å². The molecule has 0 fully saturated rings. The molecule has 24 heavy (non-hydrogen) atoms. The summed E-state index contributed by atoms with van der Waals surface area (Å²) in [6.07, 6.45) is -4.42. The van der Waals surface area contributed by atoms with Crippen molar-refractivity contribution in [2.75, 3.05) is 12.4 Å². The zero-order valence-corrected chi connectivity index (χ0v) is 12.9. The number of nitrogens with one attached hydrogen (secondary N) is 1. The molecule has 0 aromatic heterocycles. The number of halogens is 3. The second kappa shape index (κ2) is 7.21. The molecule has 0 saturated heterocycles. The molecule has 0 spiro atoms. The van der Waals surface area contributed by atoms with Crippen LogP contribution in [0.4, 0.5) is 18.9 Å². The summed E-state index contributed by atoms with van der Waals surface area (Å²) in [6, 6.07) is 12.9. The smallest absolute Gasteiger partial charge is 0.416 e. The van der Waals surface area contributed by atoms with Gasteiger partial charge in [-0.25, -0.2) is 4.79 Å². The molecule has 0 aliphatic heterocycles. The quantitative estimate of drug-likeness (QED) is 0.642. The number of anilines is 1. The van der Waals surface area contributed by atoms with Crippen LogP contribution >= 0.6 is 0 Å². The first-order chi connectivity index (χ1) is 11.3. The Labute approximate surface area is 137 Å². The summed E-state index contributed by atoms with van der Waals surface area (Å²) in [5.41, 5.74) is 0.518. The molecule has 0 saturated carbocycles. The lowest BCUT2D eigenvalue weighted by atomic mass is 9.98. The SMILES string of the molecule is C=C(C(=O)OC)C(Nc1ccccc1)c1ccc(C(F)(F)F)cc1. The molecular formula is C18H16F3NO2. The van der Waals surface area contributed by atoms with Gasteiger partial charge in [0.25, 0.3) is 0 Å². The lowest BCUT2D eigenvalue weighted by Gasteiger charge is -2.22. The van der Waals surface area contributed by atoms with Crippen LogP contribution in [-0.2, 0) is 15.7 Å². The Kier molecular flexibility index (Phi) is 5.28. The van der Waals surface area contributed by atoms with Crippen LogP contribution < -0.4 is 5.32 Å². The first-order valence-corrected chi connectivity index (χ1v) is 7.09. The Morgan fingerprint density at radius 3 is 2.17 bits per heavy atom. The first-order valence-electron chi connectivity index (χ1n) is 7.09. The largest absolute Gasteiger partial charge is 0.466 e. The Hall–Kier alpha value is -2.76. The highest BCUT2D eigenvalue weighted by molar-refractivity contribution is 5.90. The van der Waals surface area contributed by atoms with Gasteiger partial charge in [-0.1, -0.05) is 36.9 Å². The molecule has 2 rings (SSSR count). The minimum Gasteiger partial charge on any atom is -0.466 e. The summed E-state index contributed by atoms with van der Waals surface area (Å²) >= 11 is 0. The van der Waals surface area contributed by atoms with E-state index in [2.05, 4.69) is 16.6 Å². The number of rotatable bonds is 5. The molecular weight excluding hydrogens is 319 g/mol.